The monoisotopic (exact) mass is 326 g/mol. The molecular formula is C12H22O10. The maximum absolute atomic E-state index is 9.89. The summed E-state index contributed by atoms with van der Waals surface area (Å²) in [6.07, 6.45) is -9.76. The molecule has 22 heavy (non-hydrogen) atoms. The van der Waals surface area contributed by atoms with Crippen molar-refractivity contribution in [1.29, 1.82) is 0 Å². The number of aliphatic hydroxyl groups is 7. The van der Waals surface area contributed by atoms with Crippen molar-refractivity contribution >= 4 is 0 Å². The van der Waals surface area contributed by atoms with E-state index in [9.17, 15) is 25.5 Å². The van der Waals surface area contributed by atoms with E-state index in [-0.39, 0.29) is 6.42 Å². The second-order valence-corrected chi connectivity index (χ2v) is 5.49. The topological polar surface area (TPSA) is 169 Å². The highest BCUT2D eigenvalue weighted by Crippen LogP contribution is 2.35. The molecule has 0 aromatic heterocycles. The van der Waals surface area contributed by atoms with E-state index in [2.05, 4.69) is 0 Å². The summed E-state index contributed by atoms with van der Waals surface area (Å²) in [5.74, 6) is -1.74. The summed E-state index contributed by atoms with van der Waals surface area (Å²) < 4.78 is 15.8. The summed E-state index contributed by atoms with van der Waals surface area (Å²) in [5.41, 5.74) is 0. The van der Waals surface area contributed by atoms with Crippen molar-refractivity contribution in [2.75, 3.05) is 19.8 Å². The van der Waals surface area contributed by atoms with Gasteiger partial charge in [0.15, 0.2) is 12.1 Å². The Bertz CT molecular complexity index is 366. The molecule has 6 unspecified atom stereocenters. The largest absolute Gasteiger partial charge is 0.394 e. The highest BCUT2D eigenvalue weighted by molar-refractivity contribution is 4.92. The Morgan fingerprint density at radius 1 is 0.909 bits per heavy atom. The van der Waals surface area contributed by atoms with Crippen molar-refractivity contribution in [2.24, 2.45) is 0 Å². The lowest BCUT2D eigenvalue weighted by atomic mass is 9.99. The molecular weight excluding hydrogens is 304 g/mol. The second kappa shape index (κ2) is 7.01. The van der Waals surface area contributed by atoms with Crippen molar-refractivity contribution in [3.05, 3.63) is 0 Å². The zero-order valence-electron chi connectivity index (χ0n) is 11.7. The molecule has 10 heteroatoms. The van der Waals surface area contributed by atoms with Gasteiger partial charge in [0.25, 0.3) is 0 Å². The van der Waals surface area contributed by atoms with Crippen LogP contribution in [0.3, 0.4) is 0 Å². The predicted molar refractivity (Wildman–Crippen MR) is 67.3 cm³/mol. The lowest BCUT2D eigenvalue weighted by Crippen LogP contribution is -2.61. The fourth-order valence-electron chi connectivity index (χ4n) is 2.60. The van der Waals surface area contributed by atoms with Gasteiger partial charge in [-0.25, -0.2) is 0 Å². The van der Waals surface area contributed by atoms with Gasteiger partial charge in [-0.3, -0.25) is 0 Å². The van der Waals surface area contributed by atoms with Gasteiger partial charge in [-0.05, 0) is 0 Å². The van der Waals surface area contributed by atoms with E-state index in [4.69, 9.17) is 24.4 Å². The molecule has 0 amide bonds. The number of rotatable bonds is 5. The van der Waals surface area contributed by atoms with E-state index in [0.717, 1.165) is 0 Å². The van der Waals surface area contributed by atoms with Crippen molar-refractivity contribution in [1.82, 2.24) is 0 Å². The maximum atomic E-state index is 9.89. The fraction of sp³-hybridized carbons (Fsp3) is 1.00. The molecule has 2 aliphatic heterocycles. The van der Waals surface area contributed by atoms with Crippen LogP contribution in [0.4, 0.5) is 0 Å². The van der Waals surface area contributed by atoms with E-state index < -0.39 is 68.5 Å². The SMILES string of the molecule is OCC1OC(CO)(O[C@H]2OC(CO)[C@H](O)C(O)C2O)CC1O. The van der Waals surface area contributed by atoms with Crippen LogP contribution < -0.4 is 0 Å². The molecule has 10 nitrogen and oxygen atoms in total. The summed E-state index contributed by atoms with van der Waals surface area (Å²) in [5, 5.41) is 66.6. The third-order valence-electron chi connectivity index (χ3n) is 3.92. The summed E-state index contributed by atoms with van der Waals surface area (Å²) >= 11 is 0. The molecule has 0 spiro atoms. The molecule has 0 aliphatic carbocycles. The van der Waals surface area contributed by atoms with Crippen LogP contribution in [0.5, 0.6) is 0 Å². The lowest BCUT2D eigenvalue weighted by Gasteiger charge is -2.42. The average molecular weight is 326 g/mol. The molecule has 0 bridgehead atoms. The van der Waals surface area contributed by atoms with E-state index in [1.165, 1.54) is 0 Å². The Morgan fingerprint density at radius 2 is 1.55 bits per heavy atom. The Labute approximate surface area is 126 Å². The van der Waals surface area contributed by atoms with Gasteiger partial charge in [-0.15, -0.1) is 0 Å². The van der Waals surface area contributed by atoms with E-state index >= 15 is 0 Å². The molecule has 130 valence electrons. The highest BCUT2D eigenvalue weighted by atomic mass is 16.8. The third kappa shape index (κ3) is 3.26. The molecule has 2 fully saturated rings. The standard InChI is InChI=1S/C12H22O10/c13-2-6-5(16)1-12(4-15,21-6)22-11-10(19)9(18)8(17)7(3-14)20-11/h5-11,13-19H,1-4H2/t5?,6?,7?,8-,9?,10?,11+,12?/m0/s1. The van der Waals surface area contributed by atoms with Gasteiger partial charge in [-0.1, -0.05) is 0 Å². The van der Waals surface area contributed by atoms with Gasteiger partial charge in [0.1, 0.15) is 30.5 Å². The van der Waals surface area contributed by atoms with Gasteiger partial charge in [0.2, 0.25) is 0 Å². The number of aliphatic hydroxyl groups excluding tert-OH is 7. The van der Waals surface area contributed by atoms with Crippen molar-refractivity contribution in [3.63, 3.8) is 0 Å². The lowest BCUT2D eigenvalue weighted by molar-refractivity contribution is -0.371. The molecule has 0 saturated carbocycles. The van der Waals surface area contributed by atoms with Crippen LogP contribution in [-0.2, 0) is 14.2 Å². The first kappa shape index (κ1) is 17.9. The third-order valence-corrected chi connectivity index (χ3v) is 3.92. The average Bonchev–Trinajstić information content (AvgIpc) is 2.84. The Hall–Kier alpha value is -0.400. The van der Waals surface area contributed by atoms with E-state index in [1.54, 1.807) is 0 Å². The predicted octanol–water partition coefficient (Wildman–Crippen LogP) is -4.37. The minimum atomic E-state index is -1.74. The smallest absolute Gasteiger partial charge is 0.197 e. The molecule has 2 saturated heterocycles. The van der Waals surface area contributed by atoms with Crippen LogP contribution in [0.2, 0.25) is 0 Å². The van der Waals surface area contributed by atoms with Crippen molar-refractivity contribution in [3.8, 4) is 0 Å². The van der Waals surface area contributed by atoms with Crippen molar-refractivity contribution < 1.29 is 50.0 Å². The zero-order valence-corrected chi connectivity index (χ0v) is 11.7. The zero-order chi connectivity index (χ0) is 16.5. The molecule has 8 atom stereocenters. The van der Waals surface area contributed by atoms with Crippen LogP contribution in [0.1, 0.15) is 6.42 Å². The number of ether oxygens (including phenoxy) is 3. The van der Waals surface area contributed by atoms with E-state index in [1.807, 2.05) is 0 Å². The van der Waals surface area contributed by atoms with E-state index in [0.29, 0.717) is 0 Å². The molecule has 0 radical (unpaired) electrons. The summed E-state index contributed by atoms with van der Waals surface area (Å²) in [6, 6.07) is 0. The Kier molecular flexibility index (Phi) is 5.72. The van der Waals surface area contributed by atoms with Gasteiger partial charge in [0, 0.05) is 6.42 Å². The number of hydrogen-bond acceptors (Lipinski definition) is 10. The minimum absolute atomic E-state index is 0.191. The normalized spacial score (nSPS) is 49.5. The Morgan fingerprint density at radius 3 is 2.05 bits per heavy atom. The van der Waals surface area contributed by atoms with Gasteiger partial charge in [0.05, 0.1) is 25.9 Å². The molecule has 2 heterocycles. The highest BCUT2D eigenvalue weighted by Gasteiger charge is 2.52. The Balaban J connectivity index is 2.10. The van der Waals surface area contributed by atoms with Gasteiger partial charge < -0.3 is 50.0 Å². The number of hydrogen-bond donors (Lipinski definition) is 7. The molecule has 7 N–H and O–H groups in total. The van der Waals surface area contributed by atoms with Crippen LogP contribution >= 0.6 is 0 Å². The molecule has 2 aliphatic rings. The van der Waals surface area contributed by atoms with Crippen LogP contribution in [0.25, 0.3) is 0 Å². The molecule has 2 rings (SSSR count). The first-order valence-electron chi connectivity index (χ1n) is 6.93. The fourth-order valence-corrected chi connectivity index (χ4v) is 2.60. The first-order valence-corrected chi connectivity index (χ1v) is 6.93. The summed E-state index contributed by atoms with van der Waals surface area (Å²) in [7, 11) is 0. The first-order chi connectivity index (χ1) is 10.4. The second-order valence-electron chi connectivity index (χ2n) is 5.49. The van der Waals surface area contributed by atoms with Gasteiger partial charge in [-0.2, -0.15) is 0 Å². The van der Waals surface area contributed by atoms with Crippen LogP contribution in [0.15, 0.2) is 0 Å². The maximum Gasteiger partial charge on any atom is 0.197 e. The summed E-state index contributed by atoms with van der Waals surface area (Å²) in [4.78, 5) is 0. The van der Waals surface area contributed by atoms with Crippen LogP contribution in [-0.4, -0.2) is 104 Å². The van der Waals surface area contributed by atoms with Crippen LogP contribution in [0, 0.1) is 0 Å². The summed E-state index contributed by atoms with van der Waals surface area (Å²) in [6.45, 7) is -1.82. The molecule has 0 aromatic carbocycles. The van der Waals surface area contributed by atoms with Gasteiger partial charge >= 0.3 is 0 Å². The minimum Gasteiger partial charge on any atom is -0.394 e. The quantitative estimate of drug-likeness (QED) is 0.262. The molecule has 0 aromatic rings. The van der Waals surface area contributed by atoms with Crippen molar-refractivity contribution in [2.45, 2.75) is 55.1 Å².